The molecule has 218 valence electrons. The first kappa shape index (κ1) is 28.1. The average Bonchev–Trinajstić information content (AvgIpc) is 3.80. The lowest BCUT2D eigenvalue weighted by molar-refractivity contribution is 0.1000. The van der Waals surface area contributed by atoms with Gasteiger partial charge in [0.15, 0.2) is 0 Å². The number of rotatable bonds is 8. The van der Waals surface area contributed by atoms with E-state index in [1.54, 1.807) is 12.3 Å². The molecule has 6 nitrogen and oxygen atoms in total. The van der Waals surface area contributed by atoms with Gasteiger partial charge in [0, 0.05) is 53.8 Å². The summed E-state index contributed by atoms with van der Waals surface area (Å²) in [6.45, 7) is 2.72. The molecule has 2 N–H and O–H groups in total. The van der Waals surface area contributed by atoms with Gasteiger partial charge in [0.2, 0.25) is 5.91 Å². The first-order valence-corrected chi connectivity index (χ1v) is 15.7. The highest BCUT2D eigenvalue weighted by atomic mass is 35.5. The van der Waals surface area contributed by atoms with Gasteiger partial charge in [0.05, 0.1) is 22.3 Å². The zero-order valence-electron chi connectivity index (χ0n) is 23.8. The lowest BCUT2D eigenvalue weighted by Gasteiger charge is -2.33. The number of aromatic nitrogens is 3. The highest BCUT2D eigenvalue weighted by molar-refractivity contribution is 6.30. The molecule has 43 heavy (non-hydrogen) atoms. The highest BCUT2D eigenvalue weighted by Crippen LogP contribution is 2.44. The van der Waals surface area contributed by atoms with Crippen molar-refractivity contribution >= 4 is 40.1 Å². The number of carbonyl (C=O) groups excluding carboxylic acids is 1. The average molecular weight is 611 g/mol. The lowest BCUT2D eigenvalue weighted by atomic mass is 9.85. The van der Waals surface area contributed by atoms with Crippen molar-refractivity contribution in [2.45, 2.75) is 50.1 Å². The minimum absolute atomic E-state index is 0.0435. The van der Waals surface area contributed by atoms with E-state index in [-0.39, 0.29) is 5.92 Å². The van der Waals surface area contributed by atoms with Crippen molar-refractivity contribution in [3.8, 4) is 0 Å². The Morgan fingerprint density at radius 1 is 0.837 bits per heavy atom. The zero-order valence-corrected chi connectivity index (χ0v) is 25.3. The van der Waals surface area contributed by atoms with Crippen LogP contribution >= 0.6 is 23.2 Å². The number of fused-ring (bicyclic) bond motifs is 1. The van der Waals surface area contributed by atoms with Crippen molar-refractivity contribution in [3.05, 3.63) is 129 Å². The number of carbonyl (C=O) groups is 1. The molecular formula is C35H33Cl2N5O. The Bertz CT molecular complexity index is 1710. The van der Waals surface area contributed by atoms with E-state index >= 15 is 0 Å². The summed E-state index contributed by atoms with van der Waals surface area (Å²) in [6, 6.07) is 27.1. The first-order chi connectivity index (χ1) is 20.9. The normalized spacial score (nSPS) is 16.3. The van der Waals surface area contributed by atoms with Crippen LogP contribution in [0.25, 0.3) is 11.0 Å². The van der Waals surface area contributed by atoms with E-state index in [9.17, 15) is 4.79 Å². The van der Waals surface area contributed by atoms with Crippen LogP contribution in [0.2, 0.25) is 10.0 Å². The predicted molar refractivity (Wildman–Crippen MR) is 172 cm³/mol. The molecule has 0 spiro atoms. The second-order valence-electron chi connectivity index (χ2n) is 11.8. The summed E-state index contributed by atoms with van der Waals surface area (Å²) in [6.07, 6.45) is 6.09. The third-order valence-electron chi connectivity index (χ3n) is 8.84. The van der Waals surface area contributed by atoms with E-state index in [4.69, 9.17) is 33.9 Å². The van der Waals surface area contributed by atoms with Gasteiger partial charge in [-0.15, -0.1) is 0 Å². The Morgan fingerprint density at radius 2 is 1.47 bits per heavy atom. The Kier molecular flexibility index (Phi) is 7.68. The number of likely N-dealkylation sites (tertiary alicyclic amines) is 1. The van der Waals surface area contributed by atoms with Gasteiger partial charge in [-0.25, -0.2) is 4.98 Å². The summed E-state index contributed by atoms with van der Waals surface area (Å²) in [4.78, 5) is 23.5. The Labute approximate surface area is 261 Å². The molecule has 1 saturated heterocycles. The van der Waals surface area contributed by atoms with Crippen LogP contribution in [0.3, 0.4) is 0 Å². The van der Waals surface area contributed by atoms with Crippen LogP contribution < -0.4 is 5.73 Å². The molecule has 0 unspecified atom stereocenters. The van der Waals surface area contributed by atoms with Gasteiger partial charge in [-0.1, -0.05) is 53.5 Å². The van der Waals surface area contributed by atoms with Gasteiger partial charge in [-0.05, 0) is 90.9 Å². The number of imidazole rings is 1. The maximum Gasteiger partial charge on any atom is 0.250 e. The Hall–Kier alpha value is -3.71. The minimum atomic E-state index is -0.449. The lowest BCUT2D eigenvalue weighted by Crippen LogP contribution is -2.34. The van der Waals surface area contributed by atoms with Gasteiger partial charge in [0.1, 0.15) is 5.82 Å². The molecular weight excluding hydrogens is 577 g/mol. The Balaban J connectivity index is 1.20. The van der Waals surface area contributed by atoms with Crippen LogP contribution in [-0.4, -0.2) is 38.4 Å². The molecule has 0 bridgehead atoms. The molecule has 8 heteroatoms. The molecule has 2 aliphatic rings. The maximum atomic E-state index is 11.4. The fourth-order valence-electron chi connectivity index (χ4n) is 6.44. The van der Waals surface area contributed by atoms with Crippen molar-refractivity contribution in [3.63, 3.8) is 0 Å². The molecule has 1 aliphatic heterocycles. The third kappa shape index (κ3) is 5.92. The molecule has 3 heterocycles. The predicted octanol–water partition coefficient (Wildman–Crippen LogP) is 7.73. The number of nitrogens with two attached hydrogens (primary N) is 1. The second-order valence-corrected chi connectivity index (χ2v) is 12.7. The van der Waals surface area contributed by atoms with Gasteiger partial charge in [-0.3, -0.25) is 14.7 Å². The number of benzene rings is 3. The largest absolute Gasteiger partial charge is 0.366 e. The molecule has 1 aliphatic carbocycles. The summed E-state index contributed by atoms with van der Waals surface area (Å²) in [5, 5.41) is 1.46. The fourth-order valence-corrected chi connectivity index (χ4v) is 6.69. The van der Waals surface area contributed by atoms with Crippen LogP contribution in [0, 0.1) is 0 Å². The molecule has 2 fully saturated rings. The molecule has 7 rings (SSSR count). The second kappa shape index (κ2) is 11.8. The number of nitrogens with zero attached hydrogens (tertiary/aromatic N) is 4. The summed E-state index contributed by atoms with van der Waals surface area (Å²) in [5.41, 5.74) is 12.7. The molecule has 1 saturated carbocycles. The van der Waals surface area contributed by atoms with E-state index in [2.05, 4.69) is 56.9 Å². The summed E-state index contributed by atoms with van der Waals surface area (Å²) in [5.74, 6) is 1.38. The molecule has 0 radical (unpaired) electrons. The number of amides is 1. The van der Waals surface area contributed by atoms with Crippen LogP contribution in [0.1, 0.15) is 82.1 Å². The molecule has 3 aromatic carbocycles. The summed E-state index contributed by atoms with van der Waals surface area (Å²) < 4.78 is 2.56. The van der Waals surface area contributed by atoms with E-state index in [1.165, 1.54) is 40.9 Å². The topological polar surface area (TPSA) is 77.0 Å². The quantitative estimate of drug-likeness (QED) is 0.183. The van der Waals surface area contributed by atoms with E-state index < -0.39 is 5.91 Å². The standard InChI is InChI=1S/C35H33Cl2N5O/c36-27-9-3-22(4-10-27)33(23-5-11-28(37)12-6-23)25-8-14-31-32(19-25)42(35(40-31)24-1-2-24)30-15-17-41(18-16-30)21-29-13-7-26(20-39-29)34(38)43/h3-14,19-20,24,30,33H,1-2,15-18,21H2,(H2,38,43). The third-order valence-corrected chi connectivity index (χ3v) is 9.34. The molecule has 1 amide bonds. The van der Waals surface area contributed by atoms with Crippen LogP contribution in [0.4, 0.5) is 0 Å². The van der Waals surface area contributed by atoms with Gasteiger partial charge in [0.25, 0.3) is 0 Å². The smallest absolute Gasteiger partial charge is 0.250 e. The summed E-state index contributed by atoms with van der Waals surface area (Å²) >= 11 is 12.5. The number of halogens is 2. The molecule has 2 aromatic heterocycles. The minimum Gasteiger partial charge on any atom is -0.366 e. The molecule has 0 atom stereocenters. The number of hydrogen-bond acceptors (Lipinski definition) is 4. The van der Waals surface area contributed by atoms with Crippen molar-refractivity contribution in [2.24, 2.45) is 5.73 Å². The van der Waals surface area contributed by atoms with E-state index in [1.807, 2.05) is 30.3 Å². The van der Waals surface area contributed by atoms with Crippen molar-refractivity contribution < 1.29 is 4.79 Å². The van der Waals surface area contributed by atoms with E-state index in [0.29, 0.717) is 17.5 Å². The number of hydrogen-bond donors (Lipinski definition) is 1. The SMILES string of the molecule is NC(=O)c1ccc(CN2CCC(n3c(C4CC4)nc4ccc(C(c5ccc(Cl)cc5)c5ccc(Cl)cc5)cc43)CC2)nc1. The highest BCUT2D eigenvalue weighted by Gasteiger charge is 2.33. The maximum absolute atomic E-state index is 11.4. The number of piperidine rings is 1. The first-order valence-electron chi connectivity index (χ1n) is 14.9. The fraction of sp³-hybridized carbons (Fsp3) is 0.286. The monoisotopic (exact) mass is 609 g/mol. The van der Waals surface area contributed by atoms with Gasteiger partial charge >= 0.3 is 0 Å². The summed E-state index contributed by atoms with van der Waals surface area (Å²) in [7, 11) is 0. The van der Waals surface area contributed by atoms with Gasteiger partial charge in [-0.2, -0.15) is 0 Å². The van der Waals surface area contributed by atoms with Crippen molar-refractivity contribution in [1.82, 2.24) is 19.4 Å². The van der Waals surface area contributed by atoms with Crippen LogP contribution in [0.5, 0.6) is 0 Å². The van der Waals surface area contributed by atoms with Gasteiger partial charge < -0.3 is 10.3 Å². The Morgan fingerprint density at radius 3 is 2.02 bits per heavy atom. The van der Waals surface area contributed by atoms with Crippen molar-refractivity contribution in [1.29, 1.82) is 0 Å². The molecule has 5 aromatic rings. The number of pyridine rings is 1. The van der Waals surface area contributed by atoms with Crippen molar-refractivity contribution in [2.75, 3.05) is 13.1 Å². The van der Waals surface area contributed by atoms with E-state index in [0.717, 1.165) is 53.7 Å². The number of primary amides is 1. The zero-order chi connectivity index (χ0) is 29.5. The van der Waals surface area contributed by atoms with Crippen LogP contribution in [0.15, 0.2) is 85.1 Å². The van der Waals surface area contributed by atoms with Crippen LogP contribution in [-0.2, 0) is 6.54 Å².